The minimum absolute atomic E-state index is 0.154. The summed E-state index contributed by atoms with van der Waals surface area (Å²) >= 11 is 0. The van der Waals surface area contributed by atoms with Crippen LogP contribution in [0.1, 0.15) is 63.9 Å². The first kappa shape index (κ1) is 14.1. The monoisotopic (exact) mass is 259 g/mol. The van der Waals surface area contributed by atoms with E-state index in [1.807, 2.05) is 24.3 Å². The number of nitrogen functional groups attached to an aromatic ring is 1. The number of anilines is 1. The predicted octanol–water partition coefficient (Wildman–Crippen LogP) is 4.23. The fourth-order valence-electron chi connectivity index (χ4n) is 2.78. The van der Waals surface area contributed by atoms with E-state index in [-0.39, 0.29) is 5.41 Å². The highest BCUT2D eigenvalue weighted by Gasteiger charge is 2.49. The van der Waals surface area contributed by atoms with Crippen molar-refractivity contribution in [2.24, 2.45) is 0 Å². The molecule has 1 fully saturated rings. The molecule has 1 aromatic rings. The highest BCUT2D eigenvalue weighted by molar-refractivity contribution is 5.93. The Labute approximate surface area is 116 Å². The summed E-state index contributed by atoms with van der Waals surface area (Å²) < 4.78 is 0. The van der Waals surface area contributed by atoms with E-state index in [0.29, 0.717) is 5.78 Å². The molecule has 2 rings (SSSR count). The summed E-state index contributed by atoms with van der Waals surface area (Å²) in [7, 11) is 0. The lowest BCUT2D eigenvalue weighted by Gasteiger charge is -2.14. The van der Waals surface area contributed by atoms with E-state index < -0.39 is 0 Å². The standard InChI is InChI=1S/C17H25NO/c1-2-3-4-5-6-7-16(19)17(12-13-17)14-8-10-15(18)11-9-14/h8-11H,2-7,12-13,18H2,1H3. The number of carbonyl (C=O) groups excluding carboxylic acids is 1. The summed E-state index contributed by atoms with van der Waals surface area (Å²) in [5.74, 6) is 0.439. The summed E-state index contributed by atoms with van der Waals surface area (Å²) in [6, 6.07) is 7.86. The van der Waals surface area contributed by atoms with Gasteiger partial charge in [0.15, 0.2) is 0 Å². The second kappa shape index (κ2) is 6.23. The SMILES string of the molecule is CCCCCCCC(=O)C1(c2ccc(N)cc2)CC1. The van der Waals surface area contributed by atoms with E-state index in [2.05, 4.69) is 6.92 Å². The van der Waals surface area contributed by atoms with Crippen molar-refractivity contribution >= 4 is 11.5 Å². The van der Waals surface area contributed by atoms with Gasteiger partial charge in [0, 0.05) is 12.1 Å². The van der Waals surface area contributed by atoms with Crippen LogP contribution in [0, 0.1) is 0 Å². The van der Waals surface area contributed by atoms with E-state index in [1.54, 1.807) is 0 Å². The minimum Gasteiger partial charge on any atom is -0.399 e. The molecule has 1 aliphatic rings. The van der Waals surface area contributed by atoms with Crippen LogP contribution in [0.2, 0.25) is 0 Å². The average Bonchev–Trinajstić information content (AvgIpc) is 3.21. The van der Waals surface area contributed by atoms with Gasteiger partial charge in [-0.05, 0) is 37.0 Å². The zero-order valence-corrected chi connectivity index (χ0v) is 12.0. The molecule has 0 unspecified atom stereocenters. The lowest BCUT2D eigenvalue weighted by atomic mass is 9.88. The maximum absolute atomic E-state index is 12.4. The number of unbranched alkanes of at least 4 members (excludes halogenated alkanes) is 4. The molecule has 0 bridgehead atoms. The molecule has 2 nitrogen and oxygen atoms in total. The molecule has 0 spiro atoms. The lowest BCUT2D eigenvalue weighted by molar-refractivity contribution is -0.121. The topological polar surface area (TPSA) is 43.1 Å². The number of hydrogen-bond acceptors (Lipinski definition) is 2. The highest BCUT2D eigenvalue weighted by Crippen LogP contribution is 2.50. The molecule has 1 aliphatic carbocycles. The number of Topliss-reactive ketones (excluding diaryl/α,β-unsaturated/α-hetero) is 1. The van der Waals surface area contributed by atoms with E-state index in [4.69, 9.17) is 5.73 Å². The molecule has 0 saturated heterocycles. The Bertz CT molecular complexity index is 417. The number of carbonyl (C=O) groups is 1. The van der Waals surface area contributed by atoms with E-state index >= 15 is 0 Å². The maximum atomic E-state index is 12.4. The van der Waals surface area contributed by atoms with Crippen molar-refractivity contribution in [3.63, 3.8) is 0 Å². The van der Waals surface area contributed by atoms with E-state index in [1.165, 1.54) is 31.2 Å². The van der Waals surface area contributed by atoms with Crippen LogP contribution in [-0.2, 0) is 10.2 Å². The molecule has 0 atom stereocenters. The fraction of sp³-hybridized carbons (Fsp3) is 0.588. The molecule has 2 heteroatoms. The minimum atomic E-state index is -0.154. The molecule has 2 N–H and O–H groups in total. The number of ketones is 1. The Kier molecular flexibility index (Phi) is 4.62. The molecular weight excluding hydrogens is 234 g/mol. The third-order valence-electron chi connectivity index (χ3n) is 4.25. The molecule has 0 heterocycles. The molecule has 1 saturated carbocycles. The largest absolute Gasteiger partial charge is 0.399 e. The molecule has 0 aliphatic heterocycles. The third kappa shape index (κ3) is 3.37. The number of benzene rings is 1. The Morgan fingerprint density at radius 2 is 1.74 bits per heavy atom. The van der Waals surface area contributed by atoms with Gasteiger partial charge in [-0.2, -0.15) is 0 Å². The smallest absolute Gasteiger partial charge is 0.143 e. The maximum Gasteiger partial charge on any atom is 0.143 e. The molecule has 1 aromatic carbocycles. The van der Waals surface area contributed by atoms with Crippen LogP contribution in [0.4, 0.5) is 5.69 Å². The molecule has 0 aromatic heterocycles. The Hall–Kier alpha value is -1.31. The first-order valence-electron chi connectivity index (χ1n) is 7.58. The van der Waals surface area contributed by atoms with Crippen LogP contribution in [0.5, 0.6) is 0 Å². The van der Waals surface area contributed by atoms with E-state index in [9.17, 15) is 4.79 Å². The van der Waals surface area contributed by atoms with Crippen molar-refractivity contribution in [1.82, 2.24) is 0 Å². The van der Waals surface area contributed by atoms with Gasteiger partial charge in [0.25, 0.3) is 0 Å². The predicted molar refractivity (Wildman–Crippen MR) is 80.1 cm³/mol. The fourth-order valence-corrected chi connectivity index (χ4v) is 2.78. The Balaban J connectivity index is 1.86. The highest BCUT2D eigenvalue weighted by atomic mass is 16.1. The van der Waals surface area contributed by atoms with Gasteiger partial charge >= 0.3 is 0 Å². The first-order valence-corrected chi connectivity index (χ1v) is 7.58. The molecular formula is C17H25NO. The average molecular weight is 259 g/mol. The van der Waals surface area contributed by atoms with Crippen LogP contribution in [-0.4, -0.2) is 5.78 Å². The normalized spacial score (nSPS) is 16.3. The van der Waals surface area contributed by atoms with Crippen LogP contribution in [0.15, 0.2) is 24.3 Å². The van der Waals surface area contributed by atoms with E-state index in [0.717, 1.165) is 31.4 Å². The summed E-state index contributed by atoms with van der Waals surface area (Å²) in [5, 5.41) is 0. The van der Waals surface area contributed by atoms with Crippen molar-refractivity contribution in [2.75, 3.05) is 5.73 Å². The number of hydrogen-bond donors (Lipinski definition) is 1. The van der Waals surface area contributed by atoms with Gasteiger partial charge in [0.2, 0.25) is 0 Å². The van der Waals surface area contributed by atoms with Gasteiger partial charge < -0.3 is 5.73 Å². The summed E-state index contributed by atoms with van der Waals surface area (Å²) in [4.78, 5) is 12.4. The van der Waals surface area contributed by atoms with Crippen LogP contribution in [0.3, 0.4) is 0 Å². The van der Waals surface area contributed by atoms with Gasteiger partial charge in [0.1, 0.15) is 5.78 Å². The molecule has 0 radical (unpaired) electrons. The third-order valence-corrected chi connectivity index (χ3v) is 4.25. The van der Waals surface area contributed by atoms with Crippen LogP contribution in [0.25, 0.3) is 0 Å². The second-order valence-electron chi connectivity index (χ2n) is 5.79. The van der Waals surface area contributed by atoms with Gasteiger partial charge in [0.05, 0.1) is 5.41 Å². The Morgan fingerprint density at radius 3 is 2.32 bits per heavy atom. The van der Waals surface area contributed by atoms with Crippen LogP contribution >= 0.6 is 0 Å². The second-order valence-corrected chi connectivity index (χ2v) is 5.79. The first-order chi connectivity index (χ1) is 9.19. The zero-order valence-electron chi connectivity index (χ0n) is 12.0. The molecule has 0 amide bonds. The van der Waals surface area contributed by atoms with Gasteiger partial charge in [-0.15, -0.1) is 0 Å². The van der Waals surface area contributed by atoms with Crippen molar-refractivity contribution in [2.45, 2.75) is 63.7 Å². The number of rotatable bonds is 8. The summed E-state index contributed by atoms with van der Waals surface area (Å²) in [5.41, 5.74) is 7.49. The van der Waals surface area contributed by atoms with Gasteiger partial charge in [-0.3, -0.25) is 4.79 Å². The summed E-state index contributed by atoms with van der Waals surface area (Å²) in [6.07, 6.45) is 8.83. The molecule has 104 valence electrons. The zero-order chi connectivity index (χ0) is 13.7. The lowest BCUT2D eigenvalue weighted by Crippen LogP contribution is -2.20. The van der Waals surface area contributed by atoms with Crippen molar-refractivity contribution in [3.05, 3.63) is 29.8 Å². The van der Waals surface area contributed by atoms with Crippen LogP contribution < -0.4 is 5.73 Å². The van der Waals surface area contributed by atoms with Crippen molar-refractivity contribution in [1.29, 1.82) is 0 Å². The molecule has 19 heavy (non-hydrogen) atoms. The van der Waals surface area contributed by atoms with Gasteiger partial charge in [-0.1, -0.05) is 44.7 Å². The number of nitrogens with two attached hydrogens (primary N) is 1. The van der Waals surface area contributed by atoms with Gasteiger partial charge in [-0.25, -0.2) is 0 Å². The van der Waals surface area contributed by atoms with Crippen molar-refractivity contribution in [3.8, 4) is 0 Å². The summed E-state index contributed by atoms with van der Waals surface area (Å²) in [6.45, 7) is 2.21. The quantitative estimate of drug-likeness (QED) is 0.561. The van der Waals surface area contributed by atoms with Crippen molar-refractivity contribution < 1.29 is 4.79 Å². The Morgan fingerprint density at radius 1 is 1.11 bits per heavy atom.